The summed E-state index contributed by atoms with van der Waals surface area (Å²) < 4.78 is 0. The van der Waals surface area contributed by atoms with E-state index in [2.05, 4.69) is 0 Å². The van der Waals surface area contributed by atoms with Crippen LogP contribution in [0.3, 0.4) is 0 Å². The maximum atomic E-state index is 10.5. The molecule has 0 amide bonds. The Morgan fingerprint density at radius 3 is 2.10 bits per heavy atom. The molecule has 0 bridgehead atoms. The highest BCUT2D eigenvalue weighted by atomic mass is 35.5. The van der Waals surface area contributed by atoms with E-state index in [0.29, 0.717) is 10.6 Å². The Morgan fingerprint density at radius 2 is 1.70 bits per heavy atom. The molecule has 0 spiro atoms. The Hall–Kier alpha value is -0.530. The minimum absolute atomic E-state index is 0.461. The highest BCUT2D eigenvalue weighted by Gasteiger charge is 1.98. The number of carbonyl (C=O) groups excluding carboxylic acids is 1. The van der Waals surface area contributed by atoms with Crippen molar-refractivity contribution in [1.29, 1.82) is 0 Å². The van der Waals surface area contributed by atoms with E-state index in [4.69, 9.17) is 23.2 Å². The zero-order valence-corrected chi connectivity index (χ0v) is 6.49. The van der Waals surface area contributed by atoms with Crippen LogP contribution in [-0.2, 0) is 0 Å². The number of hydrogen-bond donors (Lipinski definition) is 0. The lowest BCUT2D eigenvalue weighted by Crippen LogP contribution is -1.85. The maximum absolute atomic E-state index is 10.5. The van der Waals surface area contributed by atoms with Crippen LogP contribution in [-0.4, -0.2) is 5.24 Å². The highest BCUT2D eigenvalue weighted by molar-refractivity contribution is 6.67. The third kappa shape index (κ3) is 1.72. The lowest BCUT2D eigenvalue weighted by Gasteiger charge is -1.91. The zero-order valence-electron chi connectivity index (χ0n) is 4.97. The minimum atomic E-state index is -0.461. The number of hydrogen-bond acceptors (Lipinski definition) is 1. The first-order chi connectivity index (χ1) is 4.70. The molecule has 0 fully saturated rings. The van der Waals surface area contributed by atoms with E-state index in [1.54, 1.807) is 24.3 Å². The van der Waals surface area contributed by atoms with Crippen molar-refractivity contribution in [3.8, 4) is 0 Å². The Kier molecular flexibility index (Phi) is 2.30. The van der Waals surface area contributed by atoms with Gasteiger partial charge in [-0.25, -0.2) is 0 Å². The average Bonchev–Trinajstić information content (AvgIpc) is 1.88. The summed E-state index contributed by atoms with van der Waals surface area (Å²) in [6.07, 6.45) is 0. The van der Waals surface area contributed by atoms with Gasteiger partial charge in [0.2, 0.25) is 0 Å². The SMILES string of the molecule is O=[13C](Cl)c1ccc(Cl)cc1. The quantitative estimate of drug-likeness (QED) is 0.474. The molecule has 1 aromatic rings. The number of rotatable bonds is 1. The third-order valence-corrected chi connectivity index (χ3v) is 1.54. The van der Waals surface area contributed by atoms with Crippen LogP contribution in [0.4, 0.5) is 0 Å². The fourth-order valence-electron chi connectivity index (χ4n) is 0.581. The van der Waals surface area contributed by atoms with Crippen LogP contribution in [0.15, 0.2) is 24.3 Å². The largest absolute Gasteiger partial charge is 0.276 e. The molecular weight excluding hydrogens is 172 g/mol. The first kappa shape index (κ1) is 7.58. The van der Waals surface area contributed by atoms with Gasteiger partial charge in [-0.05, 0) is 35.9 Å². The second-order valence-electron chi connectivity index (χ2n) is 1.78. The van der Waals surface area contributed by atoms with Gasteiger partial charge in [-0.3, -0.25) is 4.79 Å². The molecule has 0 radical (unpaired) electrons. The van der Waals surface area contributed by atoms with Crippen LogP contribution in [0.1, 0.15) is 10.4 Å². The van der Waals surface area contributed by atoms with Crippen LogP contribution < -0.4 is 0 Å². The molecule has 1 nitrogen and oxygen atoms in total. The van der Waals surface area contributed by atoms with Crippen molar-refractivity contribution in [3.63, 3.8) is 0 Å². The van der Waals surface area contributed by atoms with Crippen LogP contribution >= 0.6 is 23.2 Å². The van der Waals surface area contributed by atoms with E-state index in [0.717, 1.165) is 0 Å². The predicted octanol–water partition coefficient (Wildman–Crippen LogP) is 2.72. The van der Waals surface area contributed by atoms with Crippen LogP contribution in [0.5, 0.6) is 0 Å². The molecule has 0 N–H and O–H groups in total. The zero-order chi connectivity index (χ0) is 7.56. The van der Waals surface area contributed by atoms with Gasteiger partial charge < -0.3 is 0 Å². The van der Waals surface area contributed by atoms with Gasteiger partial charge in [0.1, 0.15) is 0 Å². The maximum Gasteiger partial charge on any atom is 0.252 e. The molecule has 10 heavy (non-hydrogen) atoms. The van der Waals surface area contributed by atoms with Crippen molar-refractivity contribution in [2.75, 3.05) is 0 Å². The van der Waals surface area contributed by atoms with E-state index in [1.165, 1.54) is 0 Å². The smallest absolute Gasteiger partial charge is 0.252 e. The summed E-state index contributed by atoms with van der Waals surface area (Å²) in [6.45, 7) is 0. The monoisotopic (exact) mass is 175 g/mol. The summed E-state index contributed by atoms with van der Waals surface area (Å²) in [6, 6.07) is 6.41. The van der Waals surface area contributed by atoms with Gasteiger partial charge in [-0.2, -0.15) is 0 Å². The molecule has 0 unspecified atom stereocenters. The molecule has 0 saturated heterocycles. The number of halogens is 2. The third-order valence-electron chi connectivity index (χ3n) is 1.07. The Morgan fingerprint density at radius 1 is 1.20 bits per heavy atom. The molecule has 0 aliphatic rings. The molecule has 1 aromatic carbocycles. The Labute approximate surface area is 68.6 Å². The van der Waals surface area contributed by atoms with Gasteiger partial charge in [-0.1, -0.05) is 11.6 Å². The van der Waals surface area contributed by atoms with Gasteiger partial charge >= 0.3 is 0 Å². The summed E-state index contributed by atoms with van der Waals surface area (Å²) in [5.74, 6) is 0. The predicted molar refractivity (Wildman–Crippen MR) is 41.6 cm³/mol. The molecular formula is C7H4Cl2O. The Balaban J connectivity index is 3.00. The summed E-state index contributed by atoms with van der Waals surface area (Å²) >= 11 is 10.7. The summed E-state index contributed by atoms with van der Waals surface area (Å²) in [5, 5.41) is 0.137. The second-order valence-corrected chi connectivity index (χ2v) is 2.56. The lowest BCUT2D eigenvalue weighted by atomic mass is 10.3. The molecule has 52 valence electrons. The molecule has 0 aromatic heterocycles. The number of carbonyl (C=O) groups is 1. The molecule has 0 heterocycles. The topological polar surface area (TPSA) is 17.1 Å². The van der Waals surface area contributed by atoms with Crippen molar-refractivity contribution in [2.45, 2.75) is 0 Å². The number of benzene rings is 1. The van der Waals surface area contributed by atoms with Gasteiger partial charge in [0.25, 0.3) is 5.24 Å². The summed E-state index contributed by atoms with van der Waals surface area (Å²) in [5.41, 5.74) is 0.464. The van der Waals surface area contributed by atoms with Crippen molar-refractivity contribution in [1.82, 2.24) is 0 Å². The first-order valence-electron chi connectivity index (χ1n) is 2.65. The van der Waals surface area contributed by atoms with E-state index in [9.17, 15) is 4.79 Å². The fraction of sp³-hybridized carbons (Fsp3) is 0. The van der Waals surface area contributed by atoms with Crippen molar-refractivity contribution < 1.29 is 4.79 Å². The van der Waals surface area contributed by atoms with Crippen LogP contribution in [0, 0.1) is 0 Å². The molecule has 0 aliphatic heterocycles. The van der Waals surface area contributed by atoms with Crippen LogP contribution in [0.2, 0.25) is 5.02 Å². The fourth-order valence-corrected chi connectivity index (χ4v) is 0.833. The standard InChI is InChI=1S/C7H4Cl2O/c8-6-3-1-5(2-4-6)7(9)10/h1-4H/i7+1. The first-order valence-corrected chi connectivity index (χ1v) is 3.41. The molecule has 0 aliphatic carbocycles. The van der Waals surface area contributed by atoms with E-state index >= 15 is 0 Å². The lowest BCUT2D eigenvalue weighted by molar-refractivity contribution is 0.108. The second kappa shape index (κ2) is 3.04. The van der Waals surface area contributed by atoms with E-state index < -0.39 is 5.24 Å². The van der Waals surface area contributed by atoms with Crippen molar-refractivity contribution in [3.05, 3.63) is 34.9 Å². The van der Waals surface area contributed by atoms with Gasteiger partial charge in [0, 0.05) is 10.6 Å². The van der Waals surface area contributed by atoms with Gasteiger partial charge in [0.15, 0.2) is 0 Å². The Bertz CT molecular complexity index is 240. The molecule has 0 saturated carbocycles. The van der Waals surface area contributed by atoms with E-state index in [1.807, 2.05) is 0 Å². The van der Waals surface area contributed by atoms with Gasteiger partial charge in [-0.15, -0.1) is 0 Å². The summed E-state index contributed by atoms with van der Waals surface area (Å²) in [7, 11) is 0. The van der Waals surface area contributed by atoms with Gasteiger partial charge in [0.05, 0.1) is 0 Å². The molecule has 0 atom stereocenters. The van der Waals surface area contributed by atoms with Crippen molar-refractivity contribution >= 4 is 28.4 Å². The highest BCUT2D eigenvalue weighted by Crippen LogP contribution is 2.10. The minimum Gasteiger partial charge on any atom is -0.276 e. The molecule has 1 rings (SSSR count). The average molecular weight is 176 g/mol. The normalized spacial score (nSPS) is 9.40. The summed E-state index contributed by atoms with van der Waals surface area (Å²) in [4.78, 5) is 10.5. The van der Waals surface area contributed by atoms with Crippen molar-refractivity contribution in [2.24, 2.45) is 0 Å². The van der Waals surface area contributed by atoms with E-state index in [-0.39, 0.29) is 0 Å². The molecule has 3 heteroatoms. The van der Waals surface area contributed by atoms with Crippen LogP contribution in [0.25, 0.3) is 0 Å².